The summed E-state index contributed by atoms with van der Waals surface area (Å²) in [7, 11) is 0.628. The summed E-state index contributed by atoms with van der Waals surface area (Å²) < 4.78 is 27.7. The van der Waals surface area contributed by atoms with Crippen molar-refractivity contribution in [3.05, 3.63) is 30.3 Å². The third-order valence-electron chi connectivity index (χ3n) is 0.968. The second-order valence-corrected chi connectivity index (χ2v) is 8.23. The molecule has 0 amide bonds. The Morgan fingerprint density at radius 3 is 2.18 bits per heavy atom. The minimum atomic E-state index is -4.54. The van der Waals surface area contributed by atoms with Crippen LogP contribution in [-0.4, -0.2) is 21.2 Å². The van der Waals surface area contributed by atoms with E-state index < -0.39 is 13.0 Å². The van der Waals surface area contributed by atoms with Crippen molar-refractivity contribution < 1.29 is 11.9 Å². The Morgan fingerprint density at radius 1 is 1.18 bits per heavy atom. The quantitative estimate of drug-likeness (QED) is 0.737. The molecule has 11 heavy (non-hydrogen) atoms. The molecular formula is C6H7AsO3S. The maximum atomic E-state index is 10.5. The Morgan fingerprint density at radius 2 is 1.73 bits per heavy atom. The van der Waals surface area contributed by atoms with Crippen molar-refractivity contribution in [1.82, 2.24) is 0 Å². The van der Waals surface area contributed by atoms with Gasteiger partial charge in [-0.1, -0.05) is 0 Å². The van der Waals surface area contributed by atoms with Crippen LogP contribution in [-0.2, 0) is 3.74 Å². The molecule has 0 aromatic heterocycles. The molecule has 0 aliphatic heterocycles. The SMILES string of the molecule is O=[As](O)(O)Sc1ccccc1. The van der Waals surface area contributed by atoms with Crippen molar-refractivity contribution in [2.24, 2.45) is 0 Å². The molecular weight excluding hydrogens is 227 g/mol. The van der Waals surface area contributed by atoms with Gasteiger partial charge in [-0.25, -0.2) is 0 Å². The van der Waals surface area contributed by atoms with Crippen LogP contribution in [0.15, 0.2) is 35.2 Å². The second-order valence-electron chi connectivity index (χ2n) is 1.89. The molecule has 0 aliphatic rings. The van der Waals surface area contributed by atoms with E-state index in [-0.39, 0.29) is 0 Å². The first-order chi connectivity index (χ1) is 5.08. The summed E-state index contributed by atoms with van der Waals surface area (Å²) in [5.41, 5.74) is 0. The zero-order chi connectivity index (χ0) is 8.32. The molecule has 0 fully saturated rings. The van der Waals surface area contributed by atoms with E-state index in [0.29, 0.717) is 14.9 Å². The van der Waals surface area contributed by atoms with Crippen molar-refractivity contribution in [3.8, 4) is 0 Å². The standard InChI is InChI=1S/C6H7AsO3S/c8-7(9,10)11-6-4-2-1-3-5-6/h1-5H,(H2,8,9,10). The molecule has 1 rings (SSSR count). The third kappa shape index (κ3) is 3.67. The zero-order valence-electron chi connectivity index (χ0n) is 5.54. The fraction of sp³-hybridized carbons (Fsp3) is 0. The Labute approximate surface area is 70.4 Å². The van der Waals surface area contributed by atoms with Crippen LogP contribution in [0.5, 0.6) is 0 Å². The Balaban J connectivity index is 2.74. The molecule has 2 N–H and O–H groups in total. The molecule has 1 aromatic carbocycles. The van der Waals surface area contributed by atoms with Crippen molar-refractivity contribution >= 4 is 23.0 Å². The molecule has 1 aromatic rings. The Hall–Kier alpha value is -0.152. The van der Waals surface area contributed by atoms with E-state index in [9.17, 15) is 3.74 Å². The van der Waals surface area contributed by atoms with Crippen LogP contribution in [0, 0.1) is 0 Å². The van der Waals surface area contributed by atoms with Gasteiger partial charge in [-0.2, -0.15) is 0 Å². The molecule has 0 saturated heterocycles. The van der Waals surface area contributed by atoms with Crippen LogP contribution in [0.1, 0.15) is 0 Å². The van der Waals surface area contributed by atoms with Gasteiger partial charge in [-0.15, -0.1) is 0 Å². The molecule has 0 heterocycles. The summed E-state index contributed by atoms with van der Waals surface area (Å²) in [5.74, 6) is 0. The topological polar surface area (TPSA) is 57.5 Å². The van der Waals surface area contributed by atoms with Crippen LogP contribution in [0.4, 0.5) is 0 Å². The fourth-order valence-electron chi connectivity index (χ4n) is 0.619. The van der Waals surface area contributed by atoms with Gasteiger partial charge in [0.2, 0.25) is 0 Å². The molecule has 5 heteroatoms. The molecule has 0 saturated carbocycles. The van der Waals surface area contributed by atoms with Gasteiger partial charge in [-0.05, 0) is 0 Å². The van der Waals surface area contributed by atoms with E-state index in [1.807, 2.05) is 0 Å². The molecule has 0 radical (unpaired) electrons. The van der Waals surface area contributed by atoms with Crippen molar-refractivity contribution in [2.75, 3.05) is 0 Å². The van der Waals surface area contributed by atoms with Crippen LogP contribution in [0.2, 0.25) is 0 Å². The molecule has 0 atom stereocenters. The predicted molar refractivity (Wildman–Crippen MR) is 43.2 cm³/mol. The average Bonchev–Trinajstić information content (AvgIpc) is 1.85. The summed E-state index contributed by atoms with van der Waals surface area (Å²) in [6, 6.07) is 8.63. The average molecular weight is 234 g/mol. The number of benzene rings is 1. The van der Waals surface area contributed by atoms with Gasteiger partial charge in [-0.3, -0.25) is 0 Å². The van der Waals surface area contributed by atoms with Crippen molar-refractivity contribution in [1.29, 1.82) is 0 Å². The van der Waals surface area contributed by atoms with Crippen LogP contribution in [0.25, 0.3) is 0 Å². The zero-order valence-corrected chi connectivity index (χ0v) is 8.24. The number of rotatable bonds is 2. The van der Waals surface area contributed by atoms with E-state index in [0.717, 1.165) is 0 Å². The summed E-state index contributed by atoms with van der Waals surface area (Å²) in [4.78, 5) is 0.611. The van der Waals surface area contributed by atoms with Gasteiger partial charge in [0.15, 0.2) is 0 Å². The summed E-state index contributed by atoms with van der Waals surface area (Å²) in [6.45, 7) is 0. The van der Waals surface area contributed by atoms with Gasteiger partial charge < -0.3 is 0 Å². The molecule has 0 spiro atoms. The molecule has 0 bridgehead atoms. The normalized spacial score (nSPS) is 11.5. The van der Waals surface area contributed by atoms with Gasteiger partial charge >= 0.3 is 70.2 Å². The van der Waals surface area contributed by atoms with Crippen molar-refractivity contribution in [2.45, 2.75) is 4.90 Å². The monoisotopic (exact) mass is 234 g/mol. The van der Waals surface area contributed by atoms with Gasteiger partial charge in [0.25, 0.3) is 0 Å². The molecule has 0 aliphatic carbocycles. The van der Waals surface area contributed by atoms with Gasteiger partial charge in [0.1, 0.15) is 0 Å². The fourth-order valence-corrected chi connectivity index (χ4v) is 3.67. The first-order valence-corrected chi connectivity index (χ1v) is 8.40. The summed E-state index contributed by atoms with van der Waals surface area (Å²) in [5, 5.41) is 0. The van der Waals surface area contributed by atoms with E-state index in [4.69, 9.17) is 8.19 Å². The molecule has 3 nitrogen and oxygen atoms in total. The van der Waals surface area contributed by atoms with Crippen molar-refractivity contribution in [3.63, 3.8) is 0 Å². The van der Waals surface area contributed by atoms with E-state index >= 15 is 0 Å². The Kier molecular flexibility index (Phi) is 2.84. The van der Waals surface area contributed by atoms with Gasteiger partial charge in [0.05, 0.1) is 0 Å². The first-order valence-electron chi connectivity index (χ1n) is 2.88. The predicted octanol–water partition coefficient (Wildman–Crippen LogP) is 0.629. The Bertz CT molecular complexity index is 268. The second kappa shape index (κ2) is 3.50. The minimum absolute atomic E-state index is 0.611. The number of hydrogen-bond acceptors (Lipinski definition) is 2. The summed E-state index contributed by atoms with van der Waals surface area (Å²) >= 11 is -4.54. The first kappa shape index (κ1) is 8.94. The molecule has 60 valence electrons. The molecule has 0 unspecified atom stereocenters. The van der Waals surface area contributed by atoms with E-state index in [2.05, 4.69) is 0 Å². The maximum absolute atomic E-state index is 10.5. The van der Waals surface area contributed by atoms with E-state index in [1.165, 1.54) is 0 Å². The number of hydrogen-bond donors (Lipinski definition) is 2. The van der Waals surface area contributed by atoms with E-state index in [1.54, 1.807) is 30.3 Å². The van der Waals surface area contributed by atoms with Crippen LogP contribution < -0.4 is 0 Å². The van der Waals surface area contributed by atoms with Crippen LogP contribution >= 0.6 is 10.0 Å². The summed E-state index contributed by atoms with van der Waals surface area (Å²) in [6.07, 6.45) is 0. The third-order valence-corrected chi connectivity index (χ3v) is 4.51. The van der Waals surface area contributed by atoms with Crippen LogP contribution in [0.3, 0.4) is 0 Å². The van der Waals surface area contributed by atoms with Gasteiger partial charge in [0, 0.05) is 0 Å².